The summed E-state index contributed by atoms with van der Waals surface area (Å²) in [6.07, 6.45) is 5.77. The Morgan fingerprint density at radius 2 is 2.04 bits per heavy atom. The second kappa shape index (κ2) is 7.05. The zero-order valence-corrected chi connectivity index (χ0v) is 13.9. The molecule has 0 aliphatic carbocycles. The van der Waals surface area contributed by atoms with Crippen LogP contribution in [0.5, 0.6) is 0 Å². The predicted molar refractivity (Wildman–Crippen MR) is 91.6 cm³/mol. The Labute approximate surface area is 141 Å². The number of hydrogen-bond acceptors (Lipinski definition) is 4. The number of hydrogen-bond donors (Lipinski definition) is 2. The van der Waals surface area contributed by atoms with Gasteiger partial charge in [-0.05, 0) is 48.9 Å². The van der Waals surface area contributed by atoms with Gasteiger partial charge < -0.3 is 19.7 Å². The van der Waals surface area contributed by atoms with E-state index in [0.29, 0.717) is 19.0 Å². The third kappa shape index (κ3) is 3.43. The number of amides is 2. The first kappa shape index (κ1) is 16.5. The standard InChI is InChI=1S/C18H23N3O3/c1-2-18(13-22)7-10-21(11-8-18)17(23)20-15-5-3-14(4-6-15)16-19-9-12-24-16/h3-6,9,12,22H,2,7-8,10-11,13H2,1H3,(H,20,23). The number of nitrogens with zero attached hydrogens (tertiary/aromatic N) is 2. The molecule has 2 aromatic rings. The zero-order valence-electron chi connectivity index (χ0n) is 13.9. The van der Waals surface area contributed by atoms with Crippen LogP contribution in [-0.2, 0) is 0 Å². The lowest BCUT2D eigenvalue weighted by Gasteiger charge is -2.40. The van der Waals surface area contributed by atoms with E-state index in [9.17, 15) is 9.90 Å². The molecular weight excluding hydrogens is 306 g/mol. The van der Waals surface area contributed by atoms with Gasteiger partial charge in [-0.25, -0.2) is 9.78 Å². The molecule has 0 unspecified atom stereocenters. The van der Waals surface area contributed by atoms with Crippen LogP contribution in [0.25, 0.3) is 11.5 Å². The van der Waals surface area contributed by atoms with Gasteiger partial charge >= 0.3 is 6.03 Å². The summed E-state index contributed by atoms with van der Waals surface area (Å²) in [6, 6.07) is 7.31. The monoisotopic (exact) mass is 329 g/mol. The summed E-state index contributed by atoms with van der Waals surface area (Å²) in [5.74, 6) is 0.559. The molecule has 128 valence electrons. The number of likely N-dealkylation sites (tertiary alicyclic amines) is 1. The number of oxazole rings is 1. The van der Waals surface area contributed by atoms with E-state index in [4.69, 9.17) is 4.42 Å². The van der Waals surface area contributed by atoms with Gasteiger partial charge in [-0.3, -0.25) is 0 Å². The number of nitrogens with one attached hydrogen (secondary N) is 1. The van der Waals surface area contributed by atoms with Crippen LogP contribution in [0.1, 0.15) is 26.2 Å². The van der Waals surface area contributed by atoms with Crippen LogP contribution in [0, 0.1) is 5.41 Å². The normalized spacial score (nSPS) is 16.8. The van der Waals surface area contributed by atoms with Crippen molar-refractivity contribution in [3.8, 4) is 11.5 Å². The van der Waals surface area contributed by atoms with Gasteiger partial charge in [0.1, 0.15) is 6.26 Å². The van der Waals surface area contributed by atoms with Crippen molar-refractivity contribution in [3.63, 3.8) is 0 Å². The van der Waals surface area contributed by atoms with Crippen LogP contribution >= 0.6 is 0 Å². The Hall–Kier alpha value is -2.34. The Balaban J connectivity index is 1.57. The maximum Gasteiger partial charge on any atom is 0.321 e. The fraction of sp³-hybridized carbons (Fsp3) is 0.444. The van der Waals surface area contributed by atoms with Gasteiger partial charge in [0.25, 0.3) is 0 Å². The van der Waals surface area contributed by atoms with E-state index >= 15 is 0 Å². The number of aromatic nitrogens is 1. The van der Waals surface area contributed by atoms with Crippen LogP contribution in [0.2, 0.25) is 0 Å². The number of aliphatic hydroxyl groups is 1. The SMILES string of the molecule is CCC1(CO)CCN(C(=O)Nc2ccc(-c3ncco3)cc2)CC1. The summed E-state index contributed by atoms with van der Waals surface area (Å²) in [6.45, 7) is 3.64. The van der Waals surface area contributed by atoms with Crippen molar-refractivity contribution in [2.75, 3.05) is 25.0 Å². The van der Waals surface area contributed by atoms with Gasteiger partial charge in [-0.15, -0.1) is 0 Å². The van der Waals surface area contributed by atoms with E-state index in [-0.39, 0.29) is 18.1 Å². The summed E-state index contributed by atoms with van der Waals surface area (Å²) in [5.41, 5.74) is 1.59. The van der Waals surface area contributed by atoms with E-state index in [1.165, 1.54) is 6.26 Å². The molecule has 1 aromatic carbocycles. The highest BCUT2D eigenvalue weighted by molar-refractivity contribution is 5.89. The number of urea groups is 1. The molecule has 1 saturated heterocycles. The van der Waals surface area contributed by atoms with Crippen molar-refractivity contribution >= 4 is 11.7 Å². The highest BCUT2D eigenvalue weighted by atomic mass is 16.3. The second-order valence-corrected chi connectivity index (χ2v) is 6.34. The quantitative estimate of drug-likeness (QED) is 0.901. The molecule has 2 heterocycles. The Kier molecular flexibility index (Phi) is 4.85. The van der Waals surface area contributed by atoms with Gasteiger partial charge in [0, 0.05) is 30.9 Å². The summed E-state index contributed by atoms with van der Waals surface area (Å²) in [7, 11) is 0. The molecule has 1 aromatic heterocycles. The average molecular weight is 329 g/mol. The highest BCUT2D eigenvalue weighted by Gasteiger charge is 2.33. The first-order valence-electron chi connectivity index (χ1n) is 8.32. The minimum atomic E-state index is -0.0958. The zero-order chi connectivity index (χ0) is 17.0. The van der Waals surface area contributed by atoms with E-state index < -0.39 is 0 Å². The van der Waals surface area contributed by atoms with Crippen LogP contribution in [-0.4, -0.2) is 40.7 Å². The molecule has 0 bridgehead atoms. The molecule has 1 aliphatic heterocycles. The topological polar surface area (TPSA) is 78.6 Å². The lowest BCUT2D eigenvalue weighted by Crippen LogP contribution is -2.46. The molecule has 24 heavy (non-hydrogen) atoms. The first-order chi connectivity index (χ1) is 11.7. The van der Waals surface area contributed by atoms with Crippen molar-refractivity contribution in [1.82, 2.24) is 9.88 Å². The first-order valence-corrected chi connectivity index (χ1v) is 8.32. The van der Waals surface area contributed by atoms with Crippen molar-refractivity contribution in [2.45, 2.75) is 26.2 Å². The Morgan fingerprint density at radius 1 is 1.33 bits per heavy atom. The lowest BCUT2D eigenvalue weighted by molar-refractivity contribution is 0.0542. The van der Waals surface area contributed by atoms with Crippen molar-refractivity contribution in [1.29, 1.82) is 0 Å². The molecule has 0 saturated carbocycles. The third-order valence-electron chi connectivity index (χ3n) is 5.01. The number of aliphatic hydroxyl groups excluding tert-OH is 1. The third-order valence-corrected chi connectivity index (χ3v) is 5.01. The van der Waals surface area contributed by atoms with E-state index in [0.717, 1.165) is 30.5 Å². The molecule has 3 rings (SSSR count). The lowest BCUT2D eigenvalue weighted by atomic mass is 9.77. The number of rotatable bonds is 4. The molecule has 1 fully saturated rings. The van der Waals surface area contributed by atoms with Crippen LogP contribution in [0.15, 0.2) is 41.1 Å². The fourth-order valence-corrected chi connectivity index (χ4v) is 3.07. The minimum Gasteiger partial charge on any atom is -0.445 e. The molecule has 0 spiro atoms. The predicted octanol–water partition coefficient (Wildman–Crippen LogP) is 3.36. The average Bonchev–Trinajstić information content (AvgIpc) is 3.17. The van der Waals surface area contributed by atoms with Crippen molar-refractivity contribution in [3.05, 3.63) is 36.7 Å². The molecule has 0 atom stereocenters. The number of anilines is 1. The van der Waals surface area contributed by atoms with Crippen LogP contribution in [0.3, 0.4) is 0 Å². The maximum absolute atomic E-state index is 12.4. The van der Waals surface area contributed by atoms with Gasteiger partial charge in [-0.1, -0.05) is 6.92 Å². The minimum absolute atomic E-state index is 0.0194. The van der Waals surface area contributed by atoms with Crippen LogP contribution < -0.4 is 5.32 Å². The van der Waals surface area contributed by atoms with Gasteiger partial charge in [0.05, 0.1) is 6.20 Å². The molecule has 1 aliphatic rings. The van der Waals surface area contributed by atoms with Crippen LogP contribution in [0.4, 0.5) is 10.5 Å². The summed E-state index contributed by atoms with van der Waals surface area (Å²) >= 11 is 0. The summed E-state index contributed by atoms with van der Waals surface area (Å²) in [5, 5.41) is 12.5. The molecule has 0 radical (unpaired) electrons. The van der Waals surface area contributed by atoms with E-state index in [2.05, 4.69) is 17.2 Å². The molecule has 2 N–H and O–H groups in total. The van der Waals surface area contributed by atoms with Gasteiger partial charge in [0.15, 0.2) is 0 Å². The number of carbonyl (C=O) groups is 1. The summed E-state index contributed by atoms with van der Waals surface area (Å²) < 4.78 is 5.25. The molecule has 6 nitrogen and oxygen atoms in total. The second-order valence-electron chi connectivity index (χ2n) is 6.34. The molecule has 2 amide bonds. The number of carbonyl (C=O) groups excluding carboxylic acids is 1. The Bertz CT molecular complexity index is 653. The smallest absolute Gasteiger partial charge is 0.321 e. The molecular formula is C18H23N3O3. The maximum atomic E-state index is 12.4. The van der Waals surface area contributed by atoms with Crippen molar-refractivity contribution in [2.24, 2.45) is 5.41 Å². The molecule has 6 heteroatoms. The van der Waals surface area contributed by atoms with E-state index in [1.54, 1.807) is 6.20 Å². The highest BCUT2D eigenvalue weighted by Crippen LogP contribution is 2.34. The van der Waals surface area contributed by atoms with Gasteiger partial charge in [0.2, 0.25) is 5.89 Å². The number of piperidine rings is 1. The largest absolute Gasteiger partial charge is 0.445 e. The number of benzene rings is 1. The Morgan fingerprint density at radius 3 is 2.58 bits per heavy atom. The summed E-state index contributed by atoms with van der Waals surface area (Å²) in [4.78, 5) is 18.3. The van der Waals surface area contributed by atoms with Gasteiger partial charge in [-0.2, -0.15) is 0 Å². The van der Waals surface area contributed by atoms with Crippen molar-refractivity contribution < 1.29 is 14.3 Å². The fourth-order valence-electron chi connectivity index (χ4n) is 3.07. The van der Waals surface area contributed by atoms with E-state index in [1.807, 2.05) is 29.2 Å².